The fourth-order valence-corrected chi connectivity index (χ4v) is 3.96. The summed E-state index contributed by atoms with van der Waals surface area (Å²) in [6, 6.07) is 0. The number of aromatic nitrogens is 2. The number of aryl methyl sites for hydroxylation is 1. The van der Waals surface area contributed by atoms with E-state index >= 15 is 0 Å². The van der Waals surface area contributed by atoms with Crippen molar-refractivity contribution in [1.29, 1.82) is 0 Å². The quantitative estimate of drug-likeness (QED) is 0.856. The normalized spacial score (nSPS) is 25.4. The fraction of sp³-hybridized carbons (Fsp3) is 0.765. The standard InChI is InChI=1S/C17H27N3O2/c1-4-15-13(2)18-20(14(15)3)9-8-19-11-17(6-5-16(19)21)7-10-22-12-17/h4-12H2,1-3H3/t17-/m0/s1. The van der Waals surface area contributed by atoms with E-state index < -0.39 is 0 Å². The molecule has 1 amide bonds. The molecule has 1 atom stereocenters. The minimum Gasteiger partial charge on any atom is -0.381 e. The minimum absolute atomic E-state index is 0.220. The predicted molar refractivity (Wildman–Crippen MR) is 84.8 cm³/mol. The Morgan fingerprint density at radius 2 is 2.09 bits per heavy atom. The number of piperidine rings is 1. The number of rotatable bonds is 4. The SMILES string of the molecule is CCc1c(C)nn(CCN2C[C@@]3(CCOC3)CCC2=O)c1C. The van der Waals surface area contributed by atoms with Crippen molar-refractivity contribution in [1.82, 2.24) is 14.7 Å². The van der Waals surface area contributed by atoms with Gasteiger partial charge >= 0.3 is 0 Å². The van der Waals surface area contributed by atoms with Crippen LogP contribution < -0.4 is 0 Å². The zero-order valence-corrected chi connectivity index (χ0v) is 14.0. The van der Waals surface area contributed by atoms with Gasteiger partial charge in [-0.05, 0) is 38.7 Å². The molecule has 22 heavy (non-hydrogen) atoms. The maximum atomic E-state index is 12.2. The molecule has 0 radical (unpaired) electrons. The van der Waals surface area contributed by atoms with Crippen molar-refractivity contribution in [2.45, 2.75) is 53.0 Å². The Morgan fingerprint density at radius 1 is 1.27 bits per heavy atom. The van der Waals surface area contributed by atoms with E-state index in [0.29, 0.717) is 6.42 Å². The second-order valence-corrected chi connectivity index (χ2v) is 6.84. The molecule has 3 rings (SSSR count). The van der Waals surface area contributed by atoms with Crippen molar-refractivity contribution in [2.75, 3.05) is 26.3 Å². The predicted octanol–water partition coefficient (Wildman–Crippen LogP) is 2.09. The highest BCUT2D eigenvalue weighted by Gasteiger charge is 2.41. The van der Waals surface area contributed by atoms with E-state index in [9.17, 15) is 4.79 Å². The second-order valence-electron chi connectivity index (χ2n) is 6.84. The van der Waals surface area contributed by atoms with E-state index in [-0.39, 0.29) is 11.3 Å². The van der Waals surface area contributed by atoms with Crippen LogP contribution in [-0.4, -0.2) is 46.9 Å². The average Bonchev–Trinajstić information content (AvgIpc) is 3.06. The van der Waals surface area contributed by atoms with Crippen LogP contribution in [0, 0.1) is 19.3 Å². The second kappa shape index (κ2) is 6.03. The summed E-state index contributed by atoms with van der Waals surface area (Å²) < 4.78 is 7.64. The Labute approximate surface area is 132 Å². The molecular formula is C17H27N3O2. The number of ether oxygens (including phenoxy) is 1. The lowest BCUT2D eigenvalue weighted by Crippen LogP contribution is -2.48. The van der Waals surface area contributed by atoms with Gasteiger partial charge in [-0.15, -0.1) is 0 Å². The Kier molecular flexibility index (Phi) is 4.26. The van der Waals surface area contributed by atoms with E-state index in [4.69, 9.17) is 4.74 Å². The summed E-state index contributed by atoms with van der Waals surface area (Å²) in [5, 5.41) is 4.63. The van der Waals surface area contributed by atoms with E-state index in [1.165, 1.54) is 11.3 Å². The Bertz CT molecular complexity index is 558. The fourth-order valence-electron chi connectivity index (χ4n) is 3.96. The third-order valence-corrected chi connectivity index (χ3v) is 5.40. The third-order valence-electron chi connectivity index (χ3n) is 5.40. The molecule has 1 aromatic heterocycles. The molecule has 2 saturated heterocycles. The summed E-state index contributed by atoms with van der Waals surface area (Å²) in [6.45, 7) is 10.4. The summed E-state index contributed by atoms with van der Waals surface area (Å²) in [5.41, 5.74) is 3.91. The van der Waals surface area contributed by atoms with Gasteiger partial charge in [0.15, 0.2) is 0 Å². The van der Waals surface area contributed by atoms with Gasteiger partial charge in [-0.3, -0.25) is 9.48 Å². The molecule has 5 nitrogen and oxygen atoms in total. The zero-order chi connectivity index (χ0) is 15.7. The van der Waals surface area contributed by atoms with Crippen LogP contribution in [0.2, 0.25) is 0 Å². The molecule has 0 bridgehead atoms. The summed E-state index contributed by atoms with van der Waals surface area (Å²) in [5.74, 6) is 0.287. The molecule has 0 saturated carbocycles. The summed E-state index contributed by atoms with van der Waals surface area (Å²) in [7, 11) is 0. The largest absolute Gasteiger partial charge is 0.381 e. The number of amides is 1. The Hall–Kier alpha value is -1.36. The van der Waals surface area contributed by atoms with Gasteiger partial charge in [-0.25, -0.2) is 0 Å². The van der Waals surface area contributed by atoms with E-state index in [1.54, 1.807) is 0 Å². The van der Waals surface area contributed by atoms with Crippen LogP contribution in [0.3, 0.4) is 0 Å². The number of likely N-dealkylation sites (tertiary alicyclic amines) is 1. The van der Waals surface area contributed by atoms with Crippen LogP contribution >= 0.6 is 0 Å². The van der Waals surface area contributed by atoms with E-state index in [2.05, 4.69) is 30.6 Å². The maximum absolute atomic E-state index is 12.2. The molecule has 2 aliphatic rings. The monoisotopic (exact) mass is 305 g/mol. The van der Waals surface area contributed by atoms with Gasteiger partial charge in [-0.1, -0.05) is 6.92 Å². The van der Waals surface area contributed by atoms with Crippen LogP contribution in [-0.2, 0) is 22.5 Å². The van der Waals surface area contributed by atoms with Gasteiger partial charge < -0.3 is 9.64 Å². The number of carbonyl (C=O) groups is 1. The van der Waals surface area contributed by atoms with Crippen LogP contribution in [0.15, 0.2) is 0 Å². The van der Waals surface area contributed by atoms with Crippen LogP contribution in [0.1, 0.15) is 43.1 Å². The highest BCUT2D eigenvalue weighted by molar-refractivity contribution is 5.77. The first-order valence-electron chi connectivity index (χ1n) is 8.43. The van der Waals surface area contributed by atoms with Gasteiger partial charge in [0, 0.05) is 37.2 Å². The summed E-state index contributed by atoms with van der Waals surface area (Å²) in [6.07, 6.45) is 3.76. The highest BCUT2D eigenvalue weighted by Crippen LogP contribution is 2.37. The number of hydrogen-bond donors (Lipinski definition) is 0. The lowest BCUT2D eigenvalue weighted by atomic mass is 9.79. The first-order valence-corrected chi connectivity index (χ1v) is 8.43. The molecule has 0 aromatic carbocycles. The third kappa shape index (κ3) is 2.78. The molecule has 122 valence electrons. The average molecular weight is 305 g/mol. The molecule has 1 aromatic rings. The molecule has 0 aliphatic carbocycles. The smallest absolute Gasteiger partial charge is 0.222 e. The molecule has 2 aliphatic heterocycles. The van der Waals surface area contributed by atoms with Crippen molar-refractivity contribution in [3.8, 4) is 0 Å². The first kappa shape index (κ1) is 15.5. The highest BCUT2D eigenvalue weighted by atomic mass is 16.5. The molecule has 5 heteroatoms. The van der Waals surface area contributed by atoms with Crippen LogP contribution in [0.25, 0.3) is 0 Å². The van der Waals surface area contributed by atoms with Gasteiger partial charge in [0.2, 0.25) is 5.91 Å². The van der Waals surface area contributed by atoms with Crippen LogP contribution in [0.4, 0.5) is 0 Å². The van der Waals surface area contributed by atoms with Crippen molar-refractivity contribution in [2.24, 2.45) is 5.41 Å². The van der Waals surface area contributed by atoms with Crippen LogP contribution in [0.5, 0.6) is 0 Å². The lowest BCUT2D eigenvalue weighted by molar-refractivity contribution is -0.137. The molecule has 0 unspecified atom stereocenters. The first-order chi connectivity index (χ1) is 10.5. The van der Waals surface area contributed by atoms with Crippen molar-refractivity contribution < 1.29 is 9.53 Å². The minimum atomic E-state index is 0.220. The molecular weight excluding hydrogens is 278 g/mol. The molecule has 3 heterocycles. The summed E-state index contributed by atoms with van der Waals surface area (Å²) in [4.78, 5) is 14.3. The zero-order valence-electron chi connectivity index (χ0n) is 14.0. The van der Waals surface area contributed by atoms with Crippen molar-refractivity contribution in [3.63, 3.8) is 0 Å². The molecule has 0 N–H and O–H groups in total. The number of hydrogen-bond acceptors (Lipinski definition) is 3. The lowest BCUT2D eigenvalue weighted by Gasteiger charge is -2.39. The molecule has 1 spiro atoms. The van der Waals surface area contributed by atoms with Gasteiger partial charge in [-0.2, -0.15) is 5.10 Å². The van der Waals surface area contributed by atoms with E-state index in [1.807, 2.05) is 4.90 Å². The summed E-state index contributed by atoms with van der Waals surface area (Å²) >= 11 is 0. The Balaban J connectivity index is 1.66. The number of nitrogens with zero attached hydrogens (tertiary/aromatic N) is 3. The van der Waals surface area contributed by atoms with Gasteiger partial charge in [0.25, 0.3) is 0 Å². The van der Waals surface area contributed by atoms with Gasteiger partial charge in [0.05, 0.1) is 18.8 Å². The van der Waals surface area contributed by atoms with Crippen molar-refractivity contribution >= 4 is 5.91 Å². The maximum Gasteiger partial charge on any atom is 0.222 e. The van der Waals surface area contributed by atoms with E-state index in [0.717, 1.165) is 57.8 Å². The van der Waals surface area contributed by atoms with Gasteiger partial charge in [0.1, 0.15) is 0 Å². The Morgan fingerprint density at radius 3 is 2.73 bits per heavy atom. The van der Waals surface area contributed by atoms with Crippen molar-refractivity contribution in [3.05, 3.63) is 17.0 Å². The molecule has 2 fully saturated rings. The topological polar surface area (TPSA) is 47.4 Å². The number of carbonyl (C=O) groups excluding carboxylic acids is 1.